The molecule has 0 saturated carbocycles. The van der Waals surface area contributed by atoms with Gasteiger partial charge in [0.05, 0.1) is 12.2 Å². The van der Waals surface area contributed by atoms with Crippen molar-refractivity contribution in [2.75, 3.05) is 33.2 Å². The van der Waals surface area contributed by atoms with Crippen LogP contribution in [0.25, 0.3) is 0 Å². The number of aromatic nitrogens is 2. The number of amides is 1. The summed E-state index contributed by atoms with van der Waals surface area (Å²) in [4.78, 5) is 16.7. The van der Waals surface area contributed by atoms with Gasteiger partial charge in [0.25, 0.3) is 0 Å². The molecule has 2 aliphatic heterocycles. The van der Waals surface area contributed by atoms with Crippen LogP contribution in [0.15, 0.2) is 12.4 Å². The Balaban J connectivity index is 1.76. The van der Waals surface area contributed by atoms with Gasteiger partial charge in [-0.15, -0.1) is 0 Å². The molecule has 0 aromatic carbocycles. The summed E-state index contributed by atoms with van der Waals surface area (Å²) in [7, 11) is 3.96. The van der Waals surface area contributed by atoms with Gasteiger partial charge in [-0.25, -0.2) is 0 Å². The molecule has 98 valence electrons. The molecule has 2 atom stereocenters. The molecule has 0 radical (unpaired) electrons. The van der Waals surface area contributed by atoms with E-state index in [9.17, 15) is 4.79 Å². The number of hydrogen-bond acceptors (Lipinski definition) is 4. The van der Waals surface area contributed by atoms with E-state index >= 15 is 0 Å². The van der Waals surface area contributed by atoms with E-state index in [0.29, 0.717) is 0 Å². The molecule has 1 aromatic heterocycles. The van der Waals surface area contributed by atoms with Crippen LogP contribution < -0.4 is 5.32 Å². The number of nitrogens with one attached hydrogen (secondary N) is 1. The number of piperazine rings is 2. The highest BCUT2D eigenvalue weighted by Gasteiger charge is 2.38. The fourth-order valence-electron chi connectivity index (χ4n) is 2.78. The lowest BCUT2D eigenvalue weighted by Gasteiger charge is -2.44. The summed E-state index contributed by atoms with van der Waals surface area (Å²) in [6.07, 6.45) is 3.81. The normalized spacial score (nSPS) is 30.0. The highest BCUT2D eigenvalue weighted by molar-refractivity contribution is 5.83. The van der Waals surface area contributed by atoms with Crippen molar-refractivity contribution in [3.8, 4) is 0 Å². The Morgan fingerprint density at radius 1 is 1.33 bits per heavy atom. The van der Waals surface area contributed by atoms with E-state index < -0.39 is 0 Å². The first kappa shape index (κ1) is 11.7. The van der Waals surface area contributed by atoms with Crippen molar-refractivity contribution in [2.45, 2.75) is 12.1 Å². The number of carbonyl (C=O) groups is 1. The molecular formula is C12H19N5O. The van der Waals surface area contributed by atoms with Crippen LogP contribution in [0.4, 0.5) is 0 Å². The summed E-state index contributed by atoms with van der Waals surface area (Å²) in [6, 6.07) is 0.0857. The van der Waals surface area contributed by atoms with E-state index in [1.165, 1.54) is 0 Å². The molecule has 2 unspecified atom stereocenters. The summed E-state index contributed by atoms with van der Waals surface area (Å²) in [6.45, 7) is 3.70. The Morgan fingerprint density at radius 3 is 2.89 bits per heavy atom. The average molecular weight is 249 g/mol. The van der Waals surface area contributed by atoms with E-state index in [0.717, 1.165) is 31.7 Å². The average Bonchev–Trinajstić information content (AvgIpc) is 2.77. The van der Waals surface area contributed by atoms with Gasteiger partial charge >= 0.3 is 0 Å². The molecule has 1 N–H and O–H groups in total. The van der Waals surface area contributed by atoms with Gasteiger partial charge in [0.1, 0.15) is 6.04 Å². The van der Waals surface area contributed by atoms with Gasteiger partial charge in [-0.3, -0.25) is 14.4 Å². The lowest BCUT2D eigenvalue weighted by molar-refractivity contribution is -0.133. The van der Waals surface area contributed by atoms with Crippen molar-refractivity contribution in [3.63, 3.8) is 0 Å². The third kappa shape index (κ3) is 2.02. The predicted octanol–water partition coefficient (Wildman–Crippen LogP) is -0.793. The monoisotopic (exact) mass is 249 g/mol. The largest absolute Gasteiger partial charge is 0.346 e. The van der Waals surface area contributed by atoms with E-state index in [2.05, 4.69) is 27.3 Å². The first-order chi connectivity index (χ1) is 8.63. The van der Waals surface area contributed by atoms with E-state index in [1.807, 2.05) is 19.4 Å². The summed E-state index contributed by atoms with van der Waals surface area (Å²) >= 11 is 0. The van der Waals surface area contributed by atoms with E-state index in [1.54, 1.807) is 4.68 Å². The SMILES string of the molecule is CN1CCN2CC(c3cnn(C)c3)NC(=O)C2C1. The predicted molar refractivity (Wildman–Crippen MR) is 66.9 cm³/mol. The van der Waals surface area contributed by atoms with Crippen molar-refractivity contribution in [1.29, 1.82) is 0 Å². The maximum Gasteiger partial charge on any atom is 0.239 e. The molecule has 0 aliphatic carbocycles. The third-order valence-corrected chi connectivity index (χ3v) is 3.86. The van der Waals surface area contributed by atoms with Gasteiger partial charge in [0.15, 0.2) is 0 Å². The fourth-order valence-corrected chi connectivity index (χ4v) is 2.78. The van der Waals surface area contributed by atoms with Gasteiger partial charge < -0.3 is 10.2 Å². The van der Waals surface area contributed by atoms with Crippen LogP contribution in [0.5, 0.6) is 0 Å². The van der Waals surface area contributed by atoms with Crippen LogP contribution in [0.1, 0.15) is 11.6 Å². The first-order valence-electron chi connectivity index (χ1n) is 6.35. The van der Waals surface area contributed by atoms with Gasteiger partial charge in [0, 0.05) is 45.0 Å². The minimum atomic E-state index is 0.0108. The van der Waals surface area contributed by atoms with Crippen molar-refractivity contribution >= 4 is 5.91 Å². The van der Waals surface area contributed by atoms with Crippen LogP contribution in [0, 0.1) is 0 Å². The Kier molecular flexibility index (Phi) is 2.83. The molecule has 2 aliphatic rings. The lowest BCUT2D eigenvalue weighted by atomic mass is 10.0. The third-order valence-electron chi connectivity index (χ3n) is 3.86. The van der Waals surface area contributed by atoms with Gasteiger partial charge in [-0.1, -0.05) is 0 Å². The molecule has 1 aromatic rings. The van der Waals surface area contributed by atoms with Crippen molar-refractivity contribution < 1.29 is 4.79 Å². The zero-order chi connectivity index (χ0) is 12.7. The minimum absolute atomic E-state index is 0.0108. The second kappa shape index (κ2) is 4.37. The zero-order valence-electron chi connectivity index (χ0n) is 10.8. The standard InChI is InChI=1S/C12H19N5O/c1-15-3-4-17-7-10(9-5-13-16(2)6-9)14-12(18)11(17)8-15/h5-6,10-11H,3-4,7-8H2,1-2H3,(H,14,18). The lowest BCUT2D eigenvalue weighted by Crippen LogP contribution is -2.63. The maximum absolute atomic E-state index is 12.2. The first-order valence-corrected chi connectivity index (χ1v) is 6.35. The van der Waals surface area contributed by atoms with Crippen LogP contribution in [-0.2, 0) is 11.8 Å². The molecular weight excluding hydrogens is 230 g/mol. The van der Waals surface area contributed by atoms with Gasteiger partial charge in [0.2, 0.25) is 5.91 Å². The number of rotatable bonds is 1. The van der Waals surface area contributed by atoms with Crippen LogP contribution in [-0.4, -0.2) is 64.8 Å². The molecule has 3 rings (SSSR count). The van der Waals surface area contributed by atoms with E-state index in [4.69, 9.17) is 0 Å². The molecule has 2 fully saturated rings. The Hall–Kier alpha value is -1.40. The van der Waals surface area contributed by atoms with Gasteiger partial charge in [-0.2, -0.15) is 5.10 Å². The Labute approximate surface area is 107 Å². The second-order valence-electron chi connectivity index (χ2n) is 5.28. The summed E-state index contributed by atoms with van der Waals surface area (Å²) in [5, 5.41) is 7.28. The Morgan fingerprint density at radius 2 is 2.17 bits per heavy atom. The summed E-state index contributed by atoms with van der Waals surface area (Å²) < 4.78 is 1.78. The quantitative estimate of drug-likeness (QED) is 0.708. The molecule has 1 amide bonds. The highest BCUT2D eigenvalue weighted by atomic mass is 16.2. The number of aryl methyl sites for hydroxylation is 1. The molecule has 6 nitrogen and oxygen atoms in total. The van der Waals surface area contributed by atoms with Crippen molar-refractivity contribution in [1.82, 2.24) is 24.9 Å². The van der Waals surface area contributed by atoms with Gasteiger partial charge in [-0.05, 0) is 7.05 Å². The number of hydrogen-bond donors (Lipinski definition) is 1. The molecule has 6 heteroatoms. The number of carbonyl (C=O) groups excluding carboxylic acids is 1. The van der Waals surface area contributed by atoms with Crippen LogP contribution in [0.2, 0.25) is 0 Å². The number of nitrogens with zero attached hydrogens (tertiary/aromatic N) is 4. The second-order valence-corrected chi connectivity index (χ2v) is 5.28. The molecule has 3 heterocycles. The fraction of sp³-hybridized carbons (Fsp3) is 0.667. The van der Waals surface area contributed by atoms with Crippen molar-refractivity contribution in [2.24, 2.45) is 7.05 Å². The molecule has 0 bridgehead atoms. The number of fused-ring (bicyclic) bond motifs is 1. The highest BCUT2D eigenvalue weighted by Crippen LogP contribution is 2.22. The molecule has 0 spiro atoms. The van der Waals surface area contributed by atoms with E-state index in [-0.39, 0.29) is 18.0 Å². The van der Waals surface area contributed by atoms with Crippen LogP contribution in [0.3, 0.4) is 0 Å². The van der Waals surface area contributed by atoms with Crippen molar-refractivity contribution in [3.05, 3.63) is 18.0 Å². The topological polar surface area (TPSA) is 53.4 Å². The molecule has 2 saturated heterocycles. The summed E-state index contributed by atoms with van der Waals surface area (Å²) in [5.74, 6) is 0.140. The van der Waals surface area contributed by atoms with Crippen LogP contribution >= 0.6 is 0 Å². The number of likely N-dealkylation sites (N-methyl/N-ethyl adjacent to an activating group) is 1. The smallest absolute Gasteiger partial charge is 0.239 e. The maximum atomic E-state index is 12.2. The molecule has 18 heavy (non-hydrogen) atoms. The zero-order valence-corrected chi connectivity index (χ0v) is 10.8. The summed E-state index contributed by atoms with van der Waals surface area (Å²) in [5.41, 5.74) is 1.09. The Bertz CT molecular complexity index is 457. The minimum Gasteiger partial charge on any atom is -0.346 e.